The van der Waals surface area contributed by atoms with Gasteiger partial charge in [0.05, 0.1) is 12.6 Å². The van der Waals surface area contributed by atoms with Gasteiger partial charge in [-0.15, -0.1) is 0 Å². The predicted molar refractivity (Wildman–Crippen MR) is 71.4 cm³/mol. The number of carbonyl (C=O) groups excluding carboxylic acids is 1. The van der Waals surface area contributed by atoms with Crippen LogP contribution >= 0.6 is 0 Å². The van der Waals surface area contributed by atoms with Crippen LogP contribution in [-0.2, 0) is 0 Å². The highest BCUT2D eigenvalue weighted by Crippen LogP contribution is 2.23. The molecule has 0 saturated carbocycles. The molecule has 4 nitrogen and oxygen atoms in total. The van der Waals surface area contributed by atoms with Gasteiger partial charge < -0.3 is 15.3 Å². The van der Waals surface area contributed by atoms with Crippen LogP contribution in [0.25, 0.3) is 0 Å². The summed E-state index contributed by atoms with van der Waals surface area (Å²) in [5.41, 5.74) is 0.789. The van der Waals surface area contributed by atoms with Crippen molar-refractivity contribution in [2.45, 2.75) is 25.8 Å². The molecule has 0 radical (unpaired) electrons. The number of aliphatic hydroxyl groups excluding tert-OH is 1. The number of hydrogen-bond acceptors (Lipinski definition) is 2. The zero-order chi connectivity index (χ0) is 13.0. The molecule has 1 fully saturated rings. The van der Waals surface area contributed by atoms with Crippen LogP contribution < -0.4 is 5.32 Å². The quantitative estimate of drug-likeness (QED) is 0.844. The molecule has 1 heterocycles. The van der Waals surface area contributed by atoms with Crippen LogP contribution in [0.2, 0.25) is 0 Å². The van der Waals surface area contributed by atoms with Gasteiger partial charge >= 0.3 is 6.03 Å². The highest BCUT2D eigenvalue weighted by molar-refractivity contribution is 5.89. The van der Waals surface area contributed by atoms with Gasteiger partial charge in [-0.3, -0.25) is 0 Å². The van der Waals surface area contributed by atoms with Gasteiger partial charge in [0.25, 0.3) is 0 Å². The van der Waals surface area contributed by atoms with Crippen molar-refractivity contribution >= 4 is 11.7 Å². The Labute approximate surface area is 108 Å². The molecule has 2 unspecified atom stereocenters. The van der Waals surface area contributed by atoms with E-state index in [1.807, 2.05) is 30.3 Å². The van der Waals surface area contributed by atoms with Crippen LogP contribution in [0, 0.1) is 5.92 Å². The number of benzene rings is 1. The standard InChI is InChI=1S/C14H20N2O2/c1-11-6-5-9-16(13(11)10-17)14(18)15-12-7-3-2-4-8-12/h2-4,7-8,11,13,17H,5-6,9-10H2,1H3,(H,15,18). The fourth-order valence-electron chi connectivity index (χ4n) is 2.50. The molecule has 1 aliphatic rings. The van der Waals surface area contributed by atoms with E-state index in [0.717, 1.165) is 18.5 Å². The molecule has 1 aromatic carbocycles. The third-order valence-corrected chi connectivity index (χ3v) is 3.59. The zero-order valence-corrected chi connectivity index (χ0v) is 10.7. The maximum atomic E-state index is 12.2. The lowest BCUT2D eigenvalue weighted by Crippen LogP contribution is -2.51. The van der Waals surface area contributed by atoms with Crippen molar-refractivity contribution in [2.75, 3.05) is 18.5 Å². The summed E-state index contributed by atoms with van der Waals surface area (Å²) in [5, 5.41) is 12.3. The van der Waals surface area contributed by atoms with Crippen molar-refractivity contribution in [3.8, 4) is 0 Å². The van der Waals surface area contributed by atoms with Gasteiger partial charge in [-0.2, -0.15) is 0 Å². The van der Waals surface area contributed by atoms with Gasteiger partial charge in [-0.05, 0) is 30.9 Å². The third kappa shape index (κ3) is 2.82. The first-order chi connectivity index (χ1) is 8.72. The molecule has 1 saturated heterocycles. The van der Waals surface area contributed by atoms with Gasteiger partial charge in [0.1, 0.15) is 0 Å². The SMILES string of the molecule is CC1CCCN(C(=O)Nc2ccccc2)C1CO. The predicted octanol–water partition coefficient (Wildman–Crippen LogP) is 2.31. The Hall–Kier alpha value is -1.55. The minimum Gasteiger partial charge on any atom is -0.394 e. The second kappa shape index (κ2) is 5.87. The molecule has 18 heavy (non-hydrogen) atoms. The van der Waals surface area contributed by atoms with E-state index in [1.165, 1.54) is 0 Å². The second-order valence-corrected chi connectivity index (χ2v) is 4.86. The largest absolute Gasteiger partial charge is 0.394 e. The van der Waals surface area contributed by atoms with Crippen molar-refractivity contribution in [2.24, 2.45) is 5.92 Å². The Bertz CT molecular complexity index is 394. The third-order valence-electron chi connectivity index (χ3n) is 3.59. The van der Waals surface area contributed by atoms with Crippen molar-refractivity contribution in [3.63, 3.8) is 0 Å². The normalized spacial score (nSPS) is 23.8. The van der Waals surface area contributed by atoms with Crippen molar-refractivity contribution in [3.05, 3.63) is 30.3 Å². The summed E-state index contributed by atoms with van der Waals surface area (Å²) in [6.45, 7) is 2.83. The minimum absolute atomic E-state index is 0.0311. The summed E-state index contributed by atoms with van der Waals surface area (Å²) in [4.78, 5) is 13.9. The van der Waals surface area contributed by atoms with Crippen molar-refractivity contribution in [1.29, 1.82) is 0 Å². The topological polar surface area (TPSA) is 52.6 Å². The number of likely N-dealkylation sites (tertiary alicyclic amines) is 1. The smallest absolute Gasteiger partial charge is 0.322 e. The number of piperidine rings is 1. The molecule has 0 aliphatic carbocycles. The maximum Gasteiger partial charge on any atom is 0.322 e. The number of nitrogens with zero attached hydrogens (tertiary/aromatic N) is 1. The lowest BCUT2D eigenvalue weighted by Gasteiger charge is -2.38. The molecule has 98 valence electrons. The van der Waals surface area contributed by atoms with Crippen LogP contribution in [-0.4, -0.2) is 35.2 Å². The van der Waals surface area contributed by atoms with E-state index in [-0.39, 0.29) is 18.7 Å². The summed E-state index contributed by atoms with van der Waals surface area (Å²) < 4.78 is 0. The van der Waals surface area contributed by atoms with Gasteiger partial charge in [-0.1, -0.05) is 25.1 Å². The second-order valence-electron chi connectivity index (χ2n) is 4.86. The lowest BCUT2D eigenvalue weighted by atomic mass is 9.91. The average molecular weight is 248 g/mol. The van der Waals surface area contributed by atoms with Crippen LogP contribution in [0.15, 0.2) is 30.3 Å². The van der Waals surface area contributed by atoms with E-state index >= 15 is 0 Å². The molecule has 2 amide bonds. The maximum absolute atomic E-state index is 12.2. The molecule has 2 atom stereocenters. The number of amides is 2. The molecule has 2 N–H and O–H groups in total. The Morgan fingerprint density at radius 3 is 2.83 bits per heavy atom. The minimum atomic E-state index is -0.119. The number of rotatable bonds is 2. The molecule has 1 aliphatic heterocycles. The average Bonchev–Trinajstić information content (AvgIpc) is 2.39. The van der Waals surface area contributed by atoms with Gasteiger partial charge in [-0.25, -0.2) is 4.79 Å². The Balaban J connectivity index is 2.03. The van der Waals surface area contributed by atoms with Crippen molar-refractivity contribution < 1.29 is 9.90 Å². The molecule has 2 rings (SSSR count). The number of urea groups is 1. The van der Waals surface area contributed by atoms with E-state index in [9.17, 15) is 9.90 Å². The molecular formula is C14H20N2O2. The molecule has 4 heteroatoms. The van der Waals surface area contributed by atoms with Gasteiger partial charge in [0.15, 0.2) is 0 Å². The molecular weight excluding hydrogens is 228 g/mol. The Morgan fingerprint density at radius 2 is 2.17 bits per heavy atom. The molecule has 0 spiro atoms. The van der Waals surface area contributed by atoms with E-state index in [1.54, 1.807) is 4.90 Å². The number of para-hydroxylation sites is 1. The first-order valence-corrected chi connectivity index (χ1v) is 6.46. The fourth-order valence-corrected chi connectivity index (χ4v) is 2.50. The van der Waals surface area contributed by atoms with Crippen LogP contribution in [0.3, 0.4) is 0 Å². The molecule has 1 aromatic rings. The van der Waals surface area contributed by atoms with Gasteiger partial charge in [0, 0.05) is 12.2 Å². The van der Waals surface area contributed by atoms with E-state index in [0.29, 0.717) is 12.5 Å². The number of carbonyl (C=O) groups is 1. The van der Waals surface area contributed by atoms with Crippen LogP contribution in [0.5, 0.6) is 0 Å². The first-order valence-electron chi connectivity index (χ1n) is 6.46. The lowest BCUT2D eigenvalue weighted by molar-refractivity contribution is 0.0811. The van der Waals surface area contributed by atoms with Crippen molar-refractivity contribution in [1.82, 2.24) is 4.90 Å². The van der Waals surface area contributed by atoms with E-state index in [4.69, 9.17) is 0 Å². The van der Waals surface area contributed by atoms with Gasteiger partial charge in [0.2, 0.25) is 0 Å². The fraction of sp³-hybridized carbons (Fsp3) is 0.500. The summed E-state index contributed by atoms with van der Waals surface area (Å²) >= 11 is 0. The number of hydrogen-bond donors (Lipinski definition) is 2. The number of aliphatic hydroxyl groups is 1. The number of nitrogens with one attached hydrogen (secondary N) is 1. The Kier molecular flexibility index (Phi) is 4.20. The monoisotopic (exact) mass is 248 g/mol. The summed E-state index contributed by atoms with van der Waals surface area (Å²) in [5.74, 6) is 0.352. The summed E-state index contributed by atoms with van der Waals surface area (Å²) in [6.07, 6.45) is 2.07. The van der Waals surface area contributed by atoms with Crippen LogP contribution in [0.1, 0.15) is 19.8 Å². The molecule has 0 bridgehead atoms. The Morgan fingerprint density at radius 1 is 1.44 bits per heavy atom. The van der Waals surface area contributed by atoms with Crippen LogP contribution in [0.4, 0.5) is 10.5 Å². The highest BCUT2D eigenvalue weighted by atomic mass is 16.3. The summed E-state index contributed by atoms with van der Waals surface area (Å²) in [6, 6.07) is 9.22. The zero-order valence-electron chi connectivity index (χ0n) is 10.7. The van der Waals surface area contributed by atoms with E-state index < -0.39 is 0 Å². The number of anilines is 1. The van der Waals surface area contributed by atoms with E-state index in [2.05, 4.69) is 12.2 Å². The first kappa shape index (κ1) is 12.9. The summed E-state index contributed by atoms with van der Waals surface area (Å²) in [7, 11) is 0. The molecule has 0 aromatic heterocycles. The highest BCUT2D eigenvalue weighted by Gasteiger charge is 2.31.